The summed E-state index contributed by atoms with van der Waals surface area (Å²) in [4.78, 5) is 0.123. The third kappa shape index (κ3) is 4.31. The first-order valence-corrected chi connectivity index (χ1v) is 10.1. The van der Waals surface area contributed by atoms with Gasteiger partial charge in [0, 0.05) is 24.1 Å². The lowest BCUT2D eigenvalue weighted by Crippen LogP contribution is -2.29. The summed E-state index contributed by atoms with van der Waals surface area (Å²) in [7, 11) is 2.40. The van der Waals surface area contributed by atoms with Gasteiger partial charge in [-0.3, -0.25) is 0 Å². The minimum atomic E-state index is -3.71. The van der Waals surface area contributed by atoms with Crippen molar-refractivity contribution in [2.45, 2.75) is 11.3 Å². The average molecular weight is 444 g/mol. The zero-order chi connectivity index (χ0) is 19.3. The highest BCUT2D eigenvalue weighted by Gasteiger charge is 2.25. The molecule has 0 N–H and O–H groups in total. The molecule has 0 heterocycles. The van der Waals surface area contributed by atoms with Crippen LogP contribution in [0.25, 0.3) is 0 Å². The number of nitrogens with zero attached hydrogens (tertiary/aromatic N) is 1. The van der Waals surface area contributed by atoms with Gasteiger partial charge in [0.2, 0.25) is 10.0 Å². The van der Waals surface area contributed by atoms with Gasteiger partial charge in [0.15, 0.2) is 11.5 Å². The quantitative estimate of drug-likeness (QED) is 0.625. The summed E-state index contributed by atoms with van der Waals surface area (Å²) in [5.74, 6) is 1.55. The molecule has 2 aromatic rings. The Kier molecular flexibility index (Phi) is 6.91. The van der Waals surface area contributed by atoms with Crippen LogP contribution in [0.2, 0.25) is 0 Å². The summed E-state index contributed by atoms with van der Waals surface area (Å²) in [5, 5.41) is 0. The second kappa shape index (κ2) is 8.75. The van der Waals surface area contributed by atoms with Crippen molar-refractivity contribution in [1.29, 1.82) is 0 Å². The van der Waals surface area contributed by atoms with Crippen molar-refractivity contribution >= 4 is 26.0 Å². The first-order valence-electron chi connectivity index (χ1n) is 7.85. The lowest BCUT2D eigenvalue weighted by Gasteiger charge is -2.20. The van der Waals surface area contributed by atoms with Crippen LogP contribution >= 0.6 is 15.9 Å². The van der Waals surface area contributed by atoms with E-state index in [9.17, 15) is 8.42 Å². The van der Waals surface area contributed by atoms with Crippen molar-refractivity contribution in [2.75, 3.05) is 34.9 Å². The van der Waals surface area contributed by atoms with Crippen LogP contribution in [-0.4, -0.2) is 47.6 Å². The van der Waals surface area contributed by atoms with Gasteiger partial charge in [-0.05, 0) is 40.0 Å². The lowest BCUT2D eigenvalue weighted by molar-refractivity contribution is 0.353. The van der Waals surface area contributed by atoms with E-state index in [4.69, 9.17) is 14.2 Å². The van der Waals surface area contributed by atoms with Gasteiger partial charge in [-0.2, -0.15) is 0 Å². The Morgan fingerprint density at radius 1 is 0.962 bits per heavy atom. The van der Waals surface area contributed by atoms with E-state index in [1.54, 1.807) is 20.2 Å². The maximum Gasteiger partial charge on any atom is 0.244 e. The topological polar surface area (TPSA) is 65.1 Å². The van der Waals surface area contributed by atoms with E-state index in [-0.39, 0.29) is 4.90 Å². The van der Waals surface area contributed by atoms with Gasteiger partial charge in [-0.1, -0.05) is 18.2 Å². The highest BCUT2D eigenvalue weighted by Crippen LogP contribution is 2.36. The normalized spacial score (nSPS) is 11.5. The number of ether oxygens (including phenoxy) is 3. The van der Waals surface area contributed by atoms with Crippen LogP contribution in [0.5, 0.6) is 17.2 Å². The lowest BCUT2D eigenvalue weighted by atomic mass is 10.1. The predicted octanol–water partition coefficient (Wildman–Crippen LogP) is 3.34. The molecule has 0 aliphatic heterocycles. The van der Waals surface area contributed by atoms with Crippen molar-refractivity contribution in [3.8, 4) is 17.2 Å². The van der Waals surface area contributed by atoms with Crippen molar-refractivity contribution < 1.29 is 22.6 Å². The van der Waals surface area contributed by atoms with Crippen LogP contribution in [0.3, 0.4) is 0 Å². The second-order valence-electron chi connectivity index (χ2n) is 5.53. The zero-order valence-electron chi connectivity index (χ0n) is 15.2. The summed E-state index contributed by atoms with van der Waals surface area (Å²) in [6, 6.07) is 10.6. The number of benzene rings is 2. The first kappa shape index (κ1) is 20.5. The highest BCUT2D eigenvalue weighted by atomic mass is 79.9. The van der Waals surface area contributed by atoms with E-state index in [0.717, 1.165) is 11.3 Å². The maximum absolute atomic E-state index is 13.0. The minimum absolute atomic E-state index is 0.123. The maximum atomic E-state index is 13.0. The van der Waals surface area contributed by atoms with Crippen LogP contribution in [0, 0.1) is 0 Å². The van der Waals surface area contributed by atoms with Crippen molar-refractivity contribution in [3.63, 3.8) is 0 Å². The molecule has 0 bridgehead atoms. The molecule has 0 unspecified atom stereocenters. The van der Waals surface area contributed by atoms with Gasteiger partial charge in [0.05, 0.1) is 21.3 Å². The van der Waals surface area contributed by atoms with Gasteiger partial charge in [0.1, 0.15) is 10.6 Å². The fraction of sp³-hybridized carbons (Fsp3) is 0.333. The average Bonchev–Trinajstić information content (AvgIpc) is 2.65. The van der Waals surface area contributed by atoms with Gasteiger partial charge in [-0.15, -0.1) is 0 Å². The smallest absolute Gasteiger partial charge is 0.244 e. The van der Waals surface area contributed by atoms with Crippen LogP contribution in [0.15, 0.2) is 45.8 Å². The number of hydrogen-bond donors (Lipinski definition) is 0. The molecular weight excluding hydrogens is 422 g/mol. The molecule has 0 amide bonds. The molecule has 0 saturated carbocycles. The van der Waals surface area contributed by atoms with E-state index in [1.165, 1.54) is 24.6 Å². The van der Waals surface area contributed by atoms with E-state index in [0.29, 0.717) is 28.9 Å². The molecule has 2 rings (SSSR count). The molecule has 0 aromatic heterocycles. The summed E-state index contributed by atoms with van der Waals surface area (Å²) >= 11 is 3.31. The van der Waals surface area contributed by atoms with E-state index < -0.39 is 10.0 Å². The molecule has 0 atom stereocenters. The summed E-state index contributed by atoms with van der Waals surface area (Å²) in [6.07, 6.45) is 0.532. The Morgan fingerprint density at radius 3 is 2.15 bits per heavy atom. The number of methoxy groups -OCH3 is 3. The standard InChI is InChI=1S/C18H22BrNO5S/c1-20(10-9-13-7-5-6-8-15(13)23-2)26(21,22)18-12-17(25-4)16(24-3)11-14(18)19/h5-8,11-12H,9-10H2,1-4H3. The molecule has 26 heavy (non-hydrogen) atoms. The molecular formula is C18H22BrNO5S. The Hall–Kier alpha value is -1.77. The Bertz CT molecular complexity index is 870. The second-order valence-corrected chi connectivity index (χ2v) is 8.39. The molecule has 0 fully saturated rings. The zero-order valence-corrected chi connectivity index (χ0v) is 17.6. The minimum Gasteiger partial charge on any atom is -0.496 e. The molecule has 0 radical (unpaired) electrons. The number of likely N-dealkylation sites (N-methyl/N-ethyl adjacent to an activating group) is 1. The van der Waals surface area contributed by atoms with Gasteiger partial charge >= 0.3 is 0 Å². The largest absolute Gasteiger partial charge is 0.496 e. The van der Waals surface area contributed by atoms with Crippen molar-refractivity contribution in [2.24, 2.45) is 0 Å². The van der Waals surface area contributed by atoms with Crippen LogP contribution in [0.4, 0.5) is 0 Å². The molecule has 8 heteroatoms. The SMILES string of the molecule is COc1ccccc1CCN(C)S(=O)(=O)c1cc(OC)c(OC)cc1Br. The number of rotatable bonds is 8. The van der Waals surface area contributed by atoms with Crippen LogP contribution in [0.1, 0.15) is 5.56 Å². The Labute approximate surface area is 162 Å². The van der Waals surface area contributed by atoms with Gasteiger partial charge in [0.25, 0.3) is 0 Å². The first-order chi connectivity index (χ1) is 12.3. The van der Waals surface area contributed by atoms with Gasteiger partial charge in [-0.25, -0.2) is 12.7 Å². The van der Waals surface area contributed by atoms with E-state index in [1.807, 2.05) is 24.3 Å². The molecule has 6 nitrogen and oxygen atoms in total. The van der Waals surface area contributed by atoms with Crippen LogP contribution < -0.4 is 14.2 Å². The highest BCUT2D eigenvalue weighted by molar-refractivity contribution is 9.10. The third-order valence-corrected chi connectivity index (χ3v) is 6.83. The number of halogens is 1. The monoisotopic (exact) mass is 443 g/mol. The van der Waals surface area contributed by atoms with Crippen molar-refractivity contribution in [1.82, 2.24) is 4.31 Å². The summed E-state index contributed by atoms with van der Waals surface area (Å²) in [5.41, 5.74) is 0.948. The van der Waals surface area contributed by atoms with Gasteiger partial charge < -0.3 is 14.2 Å². The number of para-hydroxylation sites is 1. The Balaban J connectivity index is 2.26. The molecule has 142 valence electrons. The number of hydrogen-bond acceptors (Lipinski definition) is 5. The fourth-order valence-corrected chi connectivity index (χ4v) is 4.67. The Morgan fingerprint density at radius 2 is 1.54 bits per heavy atom. The summed E-state index contributed by atoms with van der Waals surface area (Å²) < 4.78 is 43.4. The molecule has 2 aromatic carbocycles. The molecule has 0 aliphatic rings. The predicted molar refractivity (Wildman–Crippen MR) is 104 cm³/mol. The summed E-state index contributed by atoms with van der Waals surface area (Å²) in [6.45, 7) is 0.309. The van der Waals surface area contributed by atoms with Crippen molar-refractivity contribution in [3.05, 3.63) is 46.4 Å². The third-order valence-electron chi connectivity index (χ3n) is 4.01. The number of sulfonamides is 1. The van der Waals surface area contributed by atoms with E-state index in [2.05, 4.69) is 15.9 Å². The molecule has 0 spiro atoms. The van der Waals surface area contributed by atoms with E-state index >= 15 is 0 Å². The van der Waals surface area contributed by atoms with Crippen LogP contribution in [-0.2, 0) is 16.4 Å². The molecule has 0 aliphatic carbocycles. The fourth-order valence-electron chi connectivity index (χ4n) is 2.51. The molecule has 0 saturated heterocycles.